The fourth-order valence-corrected chi connectivity index (χ4v) is 1.24. The Hall–Kier alpha value is 0.960. The lowest BCUT2D eigenvalue weighted by molar-refractivity contribution is 0.726. The molecule has 0 nitrogen and oxygen atoms in total. The third-order valence-corrected chi connectivity index (χ3v) is 2.00. The van der Waals surface area contributed by atoms with E-state index in [2.05, 4.69) is 38.8 Å². The van der Waals surface area contributed by atoms with Crippen molar-refractivity contribution in [3.63, 3.8) is 0 Å². The molecule has 0 N–H and O–H groups in total. The van der Waals surface area contributed by atoms with Crippen LogP contribution in [0.3, 0.4) is 0 Å². The first-order valence-corrected chi connectivity index (χ1v) is 5.01. The van der Waals surface area contributed by atoms with Gasteiger partial charge in [0.15, 0.2) is 0 Å². The van der Waals surface area contributed by atoms with Crippen LogP contribution in [0.2, 0.25) is 0 Å². The molecule has 0 amide bonds. The lowest BCUT2D eigenvalue weighted by atomic mass is 10.2. The maximum absolute atomic E-state index is 3.49. The number of rotatable bonds is 4. The first-order chi connectivity index (χ1) is 3.77. The lowest BCUT2D eigenvalue weighted by Gasteiger charge is -1.98. The van der Waals surface area contributed by atoms with Gasteiger partial charge in [-0.3, -0.25) is 0 Å². The molecular weight excluding hydrogens is 232 g/mol. The SMILES string of the molecule is C[C@@H](Br)CCCCBr. The second kappa shape index (κ2) is 6.09. The molecule has 50 valence electrons. The number of hydrogen-bond acceptors (Lipinski definition) is 0. The molecule has 0 aromatic carbocycles. The van der Waals surface area contributed by atoms with Crippen LogP contribution in [0.25, 0.3) is 0 Å². The van der Waals surface area contributed by atoms with Gasteiger partial charge in [0.05, 0.1) is 0 Å². The second-order valence-corrected chi connectivity index (χ2v) is 4.32. The van der Waals surface area contributed by atoms with E-state index in [4.69, 9.17) is 0 Å². The Labute approximate surface area is 68.3 Å². The molecule has 8 heavy (non-hydrogen) atoms. The maximum Gasteiger partial charge on any atom is 0.0117 e. The van der Waals surface area contributed by atoms with Crippen LogP contribution in [0.15, 0.2) is 0 Å². The van der Waals surface area contributed by atoms with Crippen LogP contribution in [0.5, 0.6) is 0 Å². The molecule has 0 fully saturated rings. The summed E-state index contributed by atoms with van der Waals surface area (Å²) in [5.74, 6) is 0. The molecular formula is C6H12Br2. The van der Waals surface area contributed by atoms with Gasteiger partial charge in [0.2, 0.25) is 0 Å². The molecule has 0 bridgehead atoms. The van der Waals surface area contributed by atoms with Crippen LogP contribution in [0.4, 0.5) is 0 Å². The first-order valence-electron chi connectivity index (χ1n) is 2.97. The average molecular weight is 244 g/mol. The Morgan fingerprint density at radius 3 is 2.38 bits per heavy atom. The zero-order chi connectivity index (χ0) is 6.41. The third kappa shape index (κ3) is 6.96. The first kappa shape index (κ1) is 8.96. The molecule has 2 heteroatoms. The smallest absolute Gasteiger partial charge is 0.0117 e. The summed E-state index contributed by atoms with van der Waals surface area (Å²) in [5.41, 5.74) is 0. The van der Waals surface area contributed by atoms with Gasteiger partial charge in [0, 0.05) is 10.2 Å². The van der Waals surface area contributed by atoms with Gasteiger partial charge in [-0.25, -0.2) is 0 Å². The van der Waals surface area contributed by atoms with Gasteiger partial charge in [-0.2, -0.15) is 0 Å². The quantitative estimate of drug-likeness (QED) is 0.525. The van der Waals surface area contributed by atoms with Gasteiger partial charge in [-0.1, -0.05) is 45.2 Å². The van der Waals surface area contributed by atoms with E-state index < -0.39 is 0 Å². The van der Waals surface area contributed by atoms with E-state index in [9.17, 15) is 0 Å². The van der Waals surface area contributed by atoms with Crippen molar-refractivity contribution in [2.45, 2.75) is 31.0 Å². The summed E-state index contributed by atoms with van der Waals surface area (Å²) < 4.78 is 0. The summed E-state index contributed by atoms with van der Waals surface area (Å²) in [6.45, 7) is 2.19. The van der Waals surface area contributed by atoms with E-state index in [-0.39, 0.29) is 0 Å². The largest absolute Gasteiger partial charge is 0.0928 e. The summed E-state index contributed by atoms with van der Waals surface area (Å²) in [4.78, 5) is 0.696. The van der Waals surface area contributed by atoms with Crippen LogP contribution in [-0.2, 0) is 0 Å². The zero-order valence-corrected chi connectivity index (χ0v) is 8.33. The lowest BCUT2D eigenvalue weighted by Crippen LogP contribution is -1.88. The Balaban J connectivity index is 2.72. The highest BCUT2D eigenvalue weighted by Gasteiger charge is 1.92. The Morgan fingerprint density at radius 1 is 1.38 bits per heavy atom. The van der Waals surface area contributed by atoms with Crippen LogP contribution in [0, 0.1) is 0 Å². The van der Waals surface area contributed by atoms with Crippen LogP contribution >= 0.6 is 31.9 Å². The molecule has 0 aromatic heterocycles. The molecule has 0 spiro atoms. The highest BCUT2D eigenvalue weighted by Crippen LogP contribution is 2.08. The minimum atomic E-state index is 0.696. The predicted octanol–water partition coefficient (Wildman–Crippen LogP) is 3.34. The van der Waals surface area contributed by atoms with Crippen molar-refractivity contribution in [1.29, 1.82) is 0 Å². The number of hydrogen-bond donors (Lipinski definition) is 0. The van der Waals surface area contributed by atoms with Gasteiger partial charge in [0.1, 0.15) is 0 Å². The number of halogens is 2. The summed E-state index contributed by atoms with van der Waals surface area (Å²) in [7, 11) is 0. The zero-order valence-electron chi connectivity index (χ0n) is 5.16. The molecule has 0 radical (unpaired) electrons. The maximum atomic E-state index is 3.49. The van der Waals surface area contributed by atoms with Gasteiger partial charge < -0.3 is 0 Å². The summed E-state index contributed by atoms with van der Waals surface area (Å²) >= 11 is 6.87. The van der Waals surface area contributed by atoms with Crippen molar-refractivity contribution in [3.05, 3.63) is 0 Å². The molecule has 0 rings (SSSR count). The molecule has 0 aliphatic carbocycles. The average Bonchev–Trinajstić information content (AvgIpc) is 1.66. The topological polar surface area (TPSA) is 0 Å². The Kier molecular flexibility index (Phi) is 6.82. The van der Waals surface area contributed by atoms with E-state index in [1.165, 1.54) is 19.3 Å². The van der Waals surface area contributed by atoms with Crippen molar-refractivity contribution in [1.82, 2.24) is 0 Å². The number of unbranched alkanes of at least 4 members (excludes halogenated alkanes) is 1. The predicted molar refractivity (Wildman–Crippen MR) is 46.0 cm³/mol. The van der Waals surface area contributed by atoms with E-state index in [1.54, 1.807) is 0 Å². The van der Waals surface area contributed by atoms with Crippen LogP contribution < -0.4 is 0 Å². The number of alkyl halides is 2. The molecule has 0 saturated carbocycles. The highest BCUT2D eigenvalue weighted by molar-refractivity contribution is 9.09. The van der Waals surface area contributed by atoms with Gasteiger partial charge in [0.25, 0.3) is 0 Å². The third-order valence-electron chi connectivity index (χ3n) is 0.986. The molecule has 0 aliphatic heterocycles. The fourth-order valence-electron chi connectivity index (χ4n) is 0.520. The van der Waals surface area contributed by atoms with E-state index in [1.807, 2.05) is 0 Å². The molecule has 1 atom stereocenters. The van der Waals surface area contributed by atoms with E-state index in [0.717, 1.165) is 5.33 Å². The van der Waals surface area contributed by atoms with Crippen molar-refractivity contribution in [3.8, 4) is 0 Å². The Bertz CT molecular complexity index is 43.8. The van der Waals surface area contributed by atoms with Crippen molar-refractivity contribution in [2.24, 2.45) is 0 Å². The standard InChI is InChI=1S/C6H12Br2/c1-6(8)4-2-3-5-7/h6H,2-5H2,1H3/t6-/m1/s1. The highest BCUT2D eigenvalue weighted by atomic mass is 79.9. The fraction of sp³-hybridized carbons (Fsp3) is 1.00. The van der Waals surface area contributed by atoms with Gasteiger partial charge in [-0.15, -0.1) is 0 Å². The molecule has 0 heterocycles. The second-order valence-electron chi connectivity index (χ2n) is 1.97. The van der Waals surface area contributed by atoms with Crippen LogP contribution in [0.1, 0.15) is 26.2 Å². The normalized spacial score (nSPS) is 13.9. The summed E-state index contributed by atoms with van der Waals surface area (Å²) in [6.07, 6.45) is 3.93. The minimum Gasteiger partial charge on any atom is -0.0928 e. The van der Waals surface area contributed by atoms with E-state index >= 15 is 0 Å². The monoisotopic (exact) mass is 242 g/mol. The van der Waals surface area contributed by atoms with Gasteiger partial charge >= 0.3 is 0 Å². The van der Waals surface area contributed by atoms with E-state index in [0.29, 0.717) is 4.83 Å². The molecule has 0 saturated heterocycles. The molecule has 0 aromatic rings. The van der Waals surface area contributed by atoms with Crippen LogP contribution in [-0.4, -0.2) is 10.2 Å². The van der Waals surface area contributed by atoms with Crippen molar-refractivity contribution < 1.29 is 0 Å². The van der Waals surface area contributed by atoms with Crippen molar-refractivity contribution in [2.75, 3.05) is 5.33 Å². The van der Waals surface area contributed by atoms with Crippen molar-refractivity contribution >= 4 is 31.9 Å². The van der Waals surface area contributed by atoms with Gasteiger partial charge in [-0.05, 0) is 12.8 Å². The molecule has 0 aliphatic rings. The summed E-state index contributed by atoms with van der Waals surface area (Å²) in [5, 5.41) is 1.15. The summed E-state index contributed by atoms with van der Waals surface area (Å²) in [6, 6.07) is 0. The minimum absolute atomic E-state index is 0.696. The Morgan fingerprint density at radius 2 is 2.00 bits per heavy atom. The molecule has 0 unspecified atom stereocenters.